The fourth-order valence-corrected chi connectivity index (χ4v) is 0.976. The van der Waals surface area contributed by atoms with Crippen molar-refractivity contribution in [2.75, 3.05) is 0 Å². The summed E-state index contributed by atoms with van der Waals surface area (Å²) in [7, 11) is 0. The zero-order valence-corrected chi connectivity index (χ0v) is 7.99. The monoisotopic (exact) mass is 231 g/mol. The van der Waals surface area contributed by atoms with Crippen LogP contribution in [0.15, 0.2) is 36.1 Å². The molecule has 0 saturated carbocycles. The van der Waals surface area contributed by atoms with E-state index in [0.29, 0.717) is 5.56 Å². The van der Waals surface area contributed by atoms with E-state index in [1.165, 1.54) is 12.1 Å². The third kappa shape index (κ3) is 4.04. The lowest BCUT2D eigenvalue weighted by Crippen LogP contribution is -2.22. The molecule has 0 aliphatic carbocycles. The van der Waals surface area contributed by atoms with Crippen molar-refractivity contribution in [1.29, 1.82) is 0 Å². The van der Waals surface area contributed by atoms with E-state index in [1.807, 2.05) is 0 Å². The summed E-state index contributed by atoms with van der Waals surface area (Å²) in [6.07, 6.45) is -4.01. The Balaban J connectivity index is 2.95. The molecule has 3 nitrogen and oxygen atoms in total. The standard InChI is InChI=1S/C10H8F3NO2/c11-10(12,13)16-8(9(14)15)6-7-4-2-1-3-5-7/h1-6H,(H2,14,15)/b8-6+. The maximum absolute atomic E-state index is 11.9. The summed E-state index contributed by atoms with van der Waals surface area (Å²) in [5, 5.41) is 0. The molecule has 1 amide bonds. The van der Waals surface area contributed by atoms with Crippen LogP contribution < -0.4 is 5.73 Å². The molecule has 1 rings (SSSR count). The molecule has 1 aromatic carbocycles. The van der Waals surface area contributed by atoms with Crippen LogP contribution in [0, 0.1) is 0 Å². The van der Waals surface area contributed by atoms with E-state index in [4.69, 9.17) is 5.73 Å². The number of halogens is 3. The minimum Gasteiger partial charge on any atom is -0.400 e. The lowest BCUT2D eigenvalue weighted by Gasteiger charge is -2.09. The van der Waals surface area contributed by atoms with Crippen molar-refractivity contribution >= 4 is 12.0 Å². The minimum atomic E-state index is -4.93. The van der Waals surface area contributed by atoms with Gasteiger partial charge in [-0.1, -0.05) is 30.3 Å². The molecule has 6 heteroatoms. The van der Waals surface area contributed by atoms with Crippen molar-refractivity contribution in [2.45, 2.75) is 6.36 Å². The van der Waals surface area contributed by atoms with Gasteiger partial charge >= 0.3 is 6.36 Å². The maximum atomic E-state index is 11.9. The van der Waals surface area contributed by atoms with Gasteiger partial charge in [0.1, 0.15) is 0 Å². The molecule has 0 bridgehead atoms. The van der Waals surface area contributed by atoms with Gasteiger partial charge in [-0.15, -0.1) is 13.2 Å². The van der Waals surface area contributed by atoms with Gasteiger partial charge in [0.05, 0.1) is 0 Å². The molecular weight excluding hydrogens is 223 g/mol. The molecule has 1 aromatic rings. The van der Waals surface area contributed by atoms with Crippen molar-refractivity contribution in [3.05, 3.63) is 41.7 Å². The third-order valence-corrected chi connectivity index (χ3v) is 1.57. The van der Waals surface area contributed by atoms with Crippen molar-refractivity contribution in [3.63, 3.8) is 0 Å². The van der Waals surface area contributed by atoms with Gasteiger partial charge < -0.3 is 10.5 Å². The van der Waals surface area contributed by atoms with Crippen LogP contribution in [0.2, 0.25) is 0 Å². The lowest BCUT2D eigenvalue weighted by molar-refractivity contribution is -0.303. The second-order valence-corrected chi connectivity index (χ2v) is 2.83. The number of hydrogen-bond acceptors (Lipinski definition) is 2. The second-order valence-electron chi connectivity index (χ2n) is 2.83. The summed E-state index contributed by atoms with van der Waals surface area (Å²) in [6.45, 7) is 0. The van der Waals surface area contributed by atoms with Crippen LogP contribution in [0.5, 0.6) is 0 Å². The Labute approximate surface area is 89.3 Å². The van der Waals surface area contributed by atoms with E-state index in [1.54, 1.807) is 18.2 Å². The molecule has 0 saturated heterocycles. The minimum absolute atomic E-state index is 0.389. The van der Waals surface area contributed by atoms with Crippen molar-refractivity contribution in [3.8, 4) is 0 Å². The maximum Gasteiger partial charge on any atom is 0.573 e. The molecule has 16 heavy (non-hydrogen) atoms. The number of amides is 1. The van der Waals surface area contributed by atoms with Gasteiger partial charge in [0.15, 0.2) is 5.76 Å². The van der Waals surface area contributed by atoms with E-state index >= 15 is 0 Å². The first kappa shape index (κ1) is 12.1. The summed E-state index contributed by atoms with van der Waals surface area (Å²) >= 11 is 0. The van der Waals surface area contributed by atoms with Crippen LogP contribution in [0.4, 0.5) is 13.2 Å². The smallest absolute Gasteiger partial charge is 0.400 e. The summed E-state index contributed by atoms with van der Waals surface area (Å²) in [4.78, 5) is 10.7. The molecule has 0 radical (unpaired) electrons. The van der Waals surface area contributed by atoms with E-state index in [9.17, 15) is 18.0 Å². The van der Waals surface area contributed by atoms with Crippen LogP contribution in [-0.2, 0) is 9.53 Å². The Hall–Kier alpha value is -1.98. The van der Waals surface area contributed by atoms with Crippen LogP contribution in [0.1, 0.15) is 5.56 Å². The lowest BCUT2D eigenvalue weighted by atomic mass is 10.2. The Bertz CT molecular complexity index is 398. The quantitative estimate of drug-likeness (QED) is 0.639. The predicted octanol–water partition coefficient (Wildman–Crippen LogP) is 2.05. The van der Waals surface area contributed by atoms with Crippen LogP contribution in [0.3, 0.4) is 0 Å². The highest BCUT2D eigenvalue weighted by Gasteiger charge is 2.33. The first-order valence-corrected chi connectivity index (χ1v) is 4.21. The van der Waals surface area contributed by atoms with Crippen molar-refractivity contribution < 1.29 is 22.7 Å². The second kappa shape index (κ2) is 4.69. The van der Waals surface area contributed by atoms with E-state index in [0.717, 1.165) is 6.08 Å². The summed E-state index contributed by atoms with van der Waals surface area (Å²) in [5.74, 6) is -2.22. The van der Waals surface area contributed by atoms with Crippen LogP contribution in [0.25, 0.3) is 6.08 Å². The highest BCUT2D eigenvalue weighted by Crippen LogP contribution is 2.21. The van der Waals surface area contributed by atoms with Gasteiger partial charge in [0.2, 0.25) is 0 Å². The average molecular weight is 231 g/mol. The van der Waals surface area contributed by atoms with E-state index in [-0.39, 0.29) is 0 Å². The highest BCUT2D eigenvalue weighted by atomic mass is 19.4. The molecule has 0 unspecified atom stereocenters. The number of rotatable bonds is 3. The molecule has 86 valence electrons. The number of carbonyl (C=O) groups excluding carboxylic acids is 1. The zero-order chi connectivity index (χ0) is 12.2. The fraction of sp³-hybridized carbons (Fsp3) is 0.100. The number of alkyl halides is 3. The Morgan fingerprint density at radius 1 is 1.25 bits per heavy atom. The molecule has 0 aliphatic heterocycles. The van der Waals surface area contributed by atoms with Gasteiger partial charge in [0, 0.05) is 0 Å². The van der Waals surface area contributed by atoms with Crippen LogP contribution >= 0.6 is 0 Å². The number of hydrogen-bond donors (Lipinski definition) is 1. The first-order chi connectivity index (χ1) is 7.38. The Kier molecular flexibility index (Phi) is 3.55. The number of carbonyl (C=O) groups is 1. The van der Waals surface area contributed by atoms with Crippen molar-refractivity contribution in [1.82, 2.24) is 0 Å². The summed E-state index contributed by atoms with van der Waals surface area (Å²) < 4.78 is 39.2. The molecule has 0 fully saturated rings. The van der Waals surface area contributed by atoms with E-state index < -0.39 is 18.0 Å². The van der Waals surface area contributed by atoms with Gasteiger partial charge in [-0.3, -0.25) is 4.79 Å². The number of nitrogens with two attached hydrogens (primary N) is 1. The predicted molar refractivity (Wildman–Crippen MR) is 50.8 cm³/mol. The van der Waals surface area contributed by atoms with E-state index in [2.05, 4.69) is 4.74 Å². The van der Waals surface area contributed by atoms with Gasteiger partial charge in [-0.25, -0.2) is 0 Å². The number of ether oxygens (including phenoxy) is 1. The average Bonchev–Trinajstić information content (AvgIpc) is 2.16. The normalized spacial score (nSPS) is 12.3. The third-order valence-electron chi connectivity index (χ3n) is 1.57. The first-order valence-electron chi connectivity index (χ1n) is 4.21. The van der Waals surface area contributed by atoms with Crippen molar-refractivity contribution in [2.24, 2.45) is 5.73 Å². The topological polar surface area (TPSA) is 52.3 Å². The SMILES string of the molecule is NC(=O)/C(=C\c1ccccc1)OC(F)(F)F. The molecule has 0 aliphatic rings. The summed E-state index contributed by atoms with van der Waals surface area (Å²) in [6, 6.07) is 7.94. The fourth-order valence-electron chi connectivity index (χ4n) is 0.976. The Morgan fingerprint density at radius 3 is 2.25 bits per heavy atom. The zero-order valence-electron chi connectivity index (χ0n) is 7.99. The molecule has 0 atom stereocenters. The Morgan fingerprint density at radius 2 is 1.81 bits per heavy atom. The molecular formula is C10H8F3NO2. The molecule has 2 N–H and O–H groups in total. The summed E-state index contributed by atoms with van der Waals surface area (Å²) in [5.41, 5.74) is 5.15. The molecule has 0 heterocycles. The molecule has 0 aromatic heterocycles. The van der Waals surface area contributed by atoms with Gasteiger partial charge in [0.25, 0.3) is 5.91 Å². The number of primary amides is 1. The number of benzene rings is 1. The highest BCUT2D eigenvalue weighted by molar-refractivity contribution is 5.94. The van der Waals surface area contributed by atoms with Crippen LogP contribution in [-0.4, -0.2) is 12.3 Å². The molecule has 0 spiro atoms. The largest absolute Gasteiger partial charge is 0.573 e. The van der Waals surface area contributed by atoms with Gasteiger partial charge in [-0.2, -0.15) is 0 Å². The van der Waals surface area contributed by atoms with Gasteiger partial charge in [-0.05, 0) is 11.6 Å².